The van der Waals surface area contributed by atoms with Crippen LogP contribution in [0, 0.1) is 5.92 Å². The number of aromatic nitrogens is 1. The van der Waals surface area contributed by atoms with E-state index in [1.54, 1.807) is 34.5 Å². The minimum atomic E-state index is -1.22. The summed E-state index contributed by atoms with van der Waals surface area (Å²) in [5, 5.41) is 23.6. The number of likely N-dealkylation sites (N-methyl/N-ethyl adjacent to an activating group) is 1. The summed E-state index contributed by atoms with van der Waals surface area (Å²) >= 11 is 1.33. The fraction of sp³-hybridized carbons (Fsp3) is 0.552. The Morgan fingerprint density at radius 1 is 1.17 bits per heavy atom. The average Bonchev–Trinajstić information content (AvgIpc) is 3.68. The number of carbonyl (C=O) groups is 4. The summed E-state index contributed by atoms with van der Waals surface area (Å²) in [5.74, 6) is -0.497. The maximum absolute atomic E-state index is 14.0. The number of ether oxygens (including phenoxy) is 1. The molecule has 1 saturated carbocycles. The van der Waals surface area contributed by atoms with Crippen LogP contribution in [0.15, 0.2) is 29.6 Å². The number of ketones is 1. The number of nitrogens with one attached hydrogen (secondary N) is 1. The predicted molar refractivity (Wildman–Crippen MR) is 152 cm³/mol. The van der Waals surface area contributed by atoms with Gasteiger partial charge in [0, 0.05) is 24.5 Å². The van der Waals surface area contributed by atoms with Crippen LogP contribution in [-0.2, 0) is 9.59 Å². The van der Waals surface area contributed by atoms with Crippen molar-refractivity contribution in [1.29, 1.82) is 0 Å². The van der Waals surface area contributed by atoms with Crippen molar-refractivity contribution < 1.29 is 34.1 Å². The molecule has 222 valence electrons. The van der Waals surface area contributed by atoms with Crippen LogP contribution in [0.25, 0.3) is 0 Å². The first kappa shape index (κ1) is 30.4. The normalized spacial score (nSPS) is 18.9. The molecule has 12 heteroatoms. The Bertz CT molecular complexity index is 1250. The molecule has 11 nitrogen and oxygen atoms in total. The van der Waals surface area contributed by atoms with Crippen LogP contribution in [0.1, 0.15) is 79.0 Å². The van der Waals surface area contributed by atoms with Crippen LogP contribution in [0.5, 0.6) is 5.75 Å². The molecule has 2 aliphatic rings. The zero-order chi connectivity index (χ0) is 29.5. The van der Waals surface area contributed by atoms with Gasteiger partial charge >= 0.3 is 6.09 Å². The second-order valence-electron chi connectivity index (χ2n) is 10.6. The second kappa shape index (κ2) is 13.9. The lowest BCUT2D eigenvalue weighted by Crippen LogP contribution is -2.56. The fourth-order valence-corrected chi connectivity index (χ4v) is 6.46. The molecule has 1 aliphatic heterocycles. The Balaban J connectivity index is 1.52. The highest BCUT2D eigenvalue weighted by Gasteiger charge is 2.40. The lowest BCUT2D eigenvalue weighted by molar-refractivity contribution is -0.140. The third-order valence-corrected chi connectivity index (χ3v) is 8.92. The van der Waals surface area contributed by atoms with Crippen molar-refractivity contribution in [2.75, 3.05) is 26.8 Å². The number of nitrogens with zero attached hydrogens (tertiary/aromatic N) is 3. The number of benzene rings is 1. The van der Waals surface area contributed by atoms with E-state index < -0.39 is 24.1 Å². The molecule has 0 radical (unpaired) electrons. The molecule has 0 bridgehead atoms. The van der Waals surface area contributed by atoms with Gasteiger partial charge in [-0.05, 0) is 50.7 Å². The maximum atomic E-state index is 14.0. The third-order valence-electron chi connectivity index (χ3n) is 7.98. The van der Waals surface area contributed by atoms with Gasteiger partial charge in [-0.3, -0.25) is 19.3 Å². The number of hydrogen-bond donors (Lipinski definition) is 3. The molecule has 2 heterocycles. The summed E-state index contributed by atoms with van der Waals surface area (Å²) in [7, 11) is 1.33. The first-order chi connectivity index (χ1) is 19.7. The van der Waals surface area contributed by atoms with Gasteiger partial charge in [-0.25, -0.2) is 9.78 Å². The number of rotatable bonds is 11. The zero-order valence-electron chi connectivity index (χ0n) is 23.5. The van der Waals surface area contributed by atoms with Crippen LogP contribution in [0.4, 0.5) is 4.79 Å². The van der Waals surface area contributed by atoms with Crippen LogP contribution in [0.3, 0.4) is 0 Å². The van der Waals surface area contributed by atoms with Crippen molar-refractivity contribution in [1.82, 2.24) is 20.1 Å². The Morgan fingerprint density at radius 3 is 2.63 bits per heavy atom. The third kappa shape index (κ3) is 7.23. The molecule has 1 aromatic carbocycles. The molecule has 41 heavy (non-hydrogen) atoms. The second-order valence-corrected chi connectivity index (χ2v) is 11.5. The number of carbonyl (C=O) groups excluding carboxylic acids is 3. The van der Waals surface area contributed by atoms with E-state index in [1.807, 2.05) is 0 Å². The smallest absolute Gasteiger partial charge is 0.407 e. The molecule has 3 N–H and O–H groups in total. The van der Waals surface area contributed by atoms with Gasteiger partial charge in [-0.1, -0.05) is 31.4 Å². The van der Waals surface area contributed by atoms with Gasteiger partial charge in [0.25, 0.3) is 0 Å². The van der Waals surface area contributed by atoms with E-state index >= 15 is 0 Å². The lowest BCUT2D eigenvalue weighted by Gasteiger charge is -2.35. The lowest BCUT2D eigenvalue weighted by atomic mass is 9.83. The summed E-state index contributed by atoms with van der Waals surface area (Å²) in [6.07, 6.45) is 4.91. The zero-order valence-corrected chi connectivity index (χ0v) is 24.3. The number of amides is 3. The molecule has 3 atom stereocenters. The van der Waals surface area contributed by atoms with Crippen molar-refractivity contribution in [3.63, 3.8) is 0 Å². The molecule has 2 aromatic rings. The summed E-state index contributed by atoms with van der Waals surface area (Å²) < 4.78 is 5.42. The largest absolute Gasteiger partial charge is 0.491 e. The van der Waals surface area contributed by atoms with Gasteiger partial charge in [-0.15, -0.1) is 11.3 Å². The predicted octanol–water partition coefficient (Wildman–Crippen LogP) is 3.47. The van der Waals surface area contributed by atoms with Gasteiger partial charge in [0.1, 0.15) is 35.1 Å². The molecule has 1 saturated heterocycles. The van der Waals surface area contributed by atoms with E-state index in [0.717, 1.165) is 43.4 Å². The summed E-state index contributed by atoms with van der Waals surface area (Å²) in [5.41, 5.74) is 0.698. The Labute approximate surface area is 243 Å². The van der Waals surface area contributed by atoms with Gasteiger partial charge in [-0.2, -0.15) is 0 Å². The standard InChI is InChI=1S/C29H38N4O7S/c1-18(32(2)29(38)39)26(36)31-24(19-8-4-3-5-9-19)28(37)33-13-7-12-23(33)27-30-22(17-41-27)25(35)20-10-6-11-21(16-20)40-15-14-34/h6,10-11,16-19,23-24,34H,3-5,7-9,12-15H2,1-2H3,(H,31,36)(H,38,39)/t18-,23-,24-/m0/s1. The first-order valence-electron chi connectivity index (χ1n) is 14.1. The summed E-state index contributed by atoms with van der Waals surface area (Å²) in [6.45, 7) is 2.02. The molecule has 0 spiro atoms. The van der Waals surface area contributed by atoms with Crippen molar-refractivity contribution in [3.8, 4) is 5.75 Å². The maximum Gasteiger partial charge on any atom is 0.407 e. The molecule has 0 unspecified atom stereocenters. The quantitative estimate of drug-likeness (QED) is 0.339. The van der Waals surface area contributed by atoms with E-state index in [1.165, 1.54) is 25.3 Å². The summed E-state index contributed by atoms with van der Waals surface area (Å²) in [6, 6.07) is 4.70. The molecule has 4 rings (SSSR count). The van der Waals surface area contributed by atoms with E-state index in [-0.39, 0.29) is 42.6 Å². The van der Waals surface area contributed by atoms with Crippen LogP contribution < -0.4 is 10.1 Å². The van der Waals surface area contributed by atoms with Crippen LogP contribution in [-0.4, -0.2) is 87.6 Å². The Hall–Kier alpha value is -3.51. The highest BCUT2D eigenvalue weighted by Crippen LogP contribution is 2.36. The van der Waals surface area contributed by atoms with Crippen molar-refractivity contribution in [2.45, 2.75) is 70.0 Å². The highest BCUT2D eigenvalue weighted by molar-refractivity contribution is 7.10. The fourth-order valence-electron chi connectivity index (χ4n) is 5.51. The van der Waals surface area contributed by atoms with Crippen molar-refractivity contribution in [3.05, 3.63) is 45.9 Å². The van der Waals surface area contributed by atoms with E-state index in [9.17, 15) is 24.3 Å². The van der Waals surface area contributed by atoms with E-state index in [0.29, 0.717) is 29.3 Å². The minimum Gasteiger partial charge on any atom is -0.491 e. The number of aliphatic hydroxyl groups excluding tert-OH is 1. The molecule has 2 fully saturated rings. The van der Waals surface area contributed by atoms with Gasteiger partial charge in [0.15, 0.2) is 0 Å². The number of carboxylic acid groups (broad SMARTS) is 1. The monoisotopic (exact) mass is 586 g/mol. The molecule has 1 aromatic heterocycles. The molecular weight excluding hydrogens is 548 g/mol. The van der Waals surface area contributed by atoms with Gasteiger partial charge in [0.05, 0.1) is 12.6 Å². The van der Waals surface area contributed by atoms with Crippen molar-refractivity contribution in [2.24, 2.45) is 5.92 Å². The molecule has 1 aliphatic carbocycles. The number of thiazole rings is 1. The average molecular weight is 587 g/mol. The SMILES string of the molecule is C[C@@H](C(=O)N[C@H](C(=O)N1CCC[C@H]1c1nc(C(=O)c2cccc(OCCO)c2)cs1)C1CCCCC1)N(C)C(=O)O. The molecular formula is C29H38N4O7S. The Kier molecular flexibility index (Phi) is 10.3. The summed E-state index contributed by atoms with van der Waals surface area (Å²) in [4.78, 5) is 59.0. The number of likely N-dealkylation sites (tertiary alicyclic amines) is 1. The number of aliphatic hydroxyl groups is 1. The van der Waals surface area contributed by atoms with Gasteiger partial charge in [0.2, 0.25) is 17.6 Å². The van der Waals surface area contributed by atoms with Crippen molar-refractivity contribution >= 4 is 35.0 Å². The van der Waals surface area contributed by atoms with E-state index in [2.05, 4.69) is 10.3 Å². The van der Waals surface area contributed by atoms with E-state index in [4.69, 9.17) is 9.84 Å². The van der Waals surface area contributed by atoms with Gasteiger partial charge < -0.3 is 25.2 Å². The Morgan fingerprint density at radius 2 is 1.93 bits per heavy atom. The van der Waals surface area contributed by atoms with Crippen LogP contribution in [0.2, 0.25) is 0 Å². The highest BCUT2D eigenvalue weighted by atomic mass is 32.1. The molecule has 3 amide bonds. The number of hydrogen-bond acceptors (Lipinski definition) is 8. The minimum absolute atomic E-state index is 0.0300. The van der Waals surface area contributed by atoms with Crippen LogP contribution >= 0.6 is 11.3 Å². The topological polar surface area (TPSA) is 149 Å². The first-order valence-corrected chi connectivity index (χ1v) is 15.0.